The summed E-state index contributed by atoms with van der Waals surface area (Å²) in [5.74, 6) is 2.29. The molecule has 2 fully saturated rings. The lowest BCUT2D eigenvalue weighted by atomic mass is 10.1. The fourth-order valence-corrected chi connectivity index (χ4v) is 3.32. The van der Waals surface area contributed by atoms with Gasteiger partial charge < -0.3 is 10.2 Å². The van der Waals surface area contributed by atoms with E-state index in [-0.39, 0.29) is 0 Å². The van der Waals surface area contributed by atoms with Crippen LogP contribution in [-0.4, -0.2) is 48.0 Å². The van der Waals surface area contributed by atoms with Crippen molar-refractivity contribution in [3.05, 3.63) is 0 Å². The van der Waals surface area contributed by atoms with Crippen molar-refractivity contribution in [2.24, 2.45) is 10.4 Å². The standard InChI is InChI=1S/C13H25N3S/c1-12(2)10-16(7-8-17-12)11(14-4)15-9-13(3)5-6-13/h5-10H2,1-4H3,(H,14,15). The molecule has 1 saturated heterocycles. The Hall–Kier alpha value is -0.380. The second-order valence-electron chi connectivity index (χ2n) is 6.24. The first-order chi connectivity index (χ1) is 7.94. The third-order valence-corrected chi connectivity index (χ3v) is 5.01. The van der Waals surface area contributed by atoms with E-state index in [9.17, 15) is 0 Å². The van der Waals surface area contributed by atoms with Gasteiger partial charge in [0, 0.05) is 37.2 Å². The average molecular weight is 255 g/mol. The van der Waals surface area contributed by atoms with Crippen LogP contribution in [-0.2, 0) is 0 Å². The second-order valence-corrected chi connectivity index (χ2v) is 8.04. The van der Waals surface area contributed by atoms with Crippen LogP contribution in [0.1, 0.15) is 33.6 Å². The van der Waals surface area contributed by atoms with E-state index in [0.717, 1.165) is 25.6 Å². The number of nitrogens with one attached hydrogen (secondary N) is 1. The average Bonchev–Trinajstić information content (AvgIpc) is 2.96. The van der Waals surface area contributed by atoms with Crippen LogP contribution in [0.15, 0.2) is 4.99 Å². The van der Waals surface area contributed by atoms with Gasteiger partial charge in [-0.3, -0.25) is 4.99 Å². The summed E-state index contributed by atoms with van der Waals surface area (Å²) in [5, 5.41) is 3.55. The molecule has 3 nitrogen and oxygen atoms in total. The first kappa shape index (κ1) is 13.1. The van der Waals surface area contributed by atoms with E-state index < -0.39 is 0 Å². The third kappa shape index (κ3) is 3.54. The van der Waals surface area contributed by atoms with Gasteiger partial charge >= 0.3 is 0 Å². The number of rotatable bonds is 2. The highest BCUT2D eigenvalue weighted by Crippen LogP contribution is 2.44. The third-order valence-electron chi connectivity index (χ3n) is 3.71. The van der Waals surface area contributed by atoms with E-state index in [1.165, 1.54) is 18.6 Å². The lowest BCUT2D eigenvalue weighted by Crippen LogP contribution is -2.51. The maximum absolute atomic E-state index is 4.43. The Balaban J connectivity index is 1.89. The van der Waals surface area contributed by atoms with Crippen LogP contribution in [0.3, 0.4) is 0 Å². The molecule has 1 aliphatic heterocycles. The normalized spacial score (nSPS) is 26.8. The molecule has 1 aliphatic carbocycles. The van der Waals surface area contributed by atoms with Crippen LogP contribution in [0.4, 0.5) is 0 Å². The maximum Gasteiger partial charge on any atom is 0.193 e. The van der Waals surface area contributed by atoms with Crippen molar-refractivity contribution >= 4 is 17.7 Å². The van der Waals surface area contributed by atoms with E-state index in [1.807, 2.05) is 7.05 Å². The lowest BCUT2D eigenvalue weighted by molar-refractivity contribution is 0.371. The van der Waals surface area contributed by atoms with Crippen LogP contribution in [0.25, 0.3) is 0 Å². The predicted molar refractivity (Wildman–Crippen MR) is 76.8 cm³/mol. The van der Waals surface area contributed by atoms with E-state index in [1.54, 1.807) is 0 Å². The highest BCUT2D eigenvalue weighted by atomic mass is 32.2. The van der Waals surface area contributed by atoms with Crippen molar-refractivity contribution in [3.8, 4) is 0 Å². The Kier molecular flexibility index (Phi) is 3.62. The summed E-state index contributed by atoms with van der Waals surface area (Å²) in [4.78, 5) is 6.84. The highest BCUT2D eigenvalue weighted by molar-refractivity contribution is 8.00. The van der Waals surface area contributed by atoms with Crippen LogP contribution < -0.4 is 5.32 Å². The topological polar surface area (TPSA) is 27.6 Å². The molecule has 0 aromatic rings. The van der Waals surface area contributed by atoms with Gasteiger partial charge in [-0.15, -0.1) is 0 Å². The summed E-state index contributed by atoms with van der Waals surface area (Å²) in [6.45, 7) is 10.3. The monoisotopic (exact) mass is 255 g/mol. The SMILES string of the molecule is CN=C(NCC1(C)CC1)N1CCSC(C)(C)C1. The Labute approximate surface area is 109 Å². The molecule has 0 radical (unpaired) electrons. The number of hydrogen-bond acceptors (Lipinski definition) is 2. The van der Waals surface area contributed by atoms with Gasteiger partial charge in [0.2, 0.25) is 0 Å². The Morgan fingerprint density at radius 1 is 1.35 bits per heavy atom. The van der Waals surface area contributed by atoms with Crippen molar-refractivity contribution < 1.29 is 0 Å². The maximum atomic E-state index is 4.43. The molecule has 1 heterocycles. The minimum absolute atomic E-state index is 0.347. The molecule has 0 spiro atoms. The summed E-state index contributed by atoms with van der Waals surface area (Å²) in [6, 6.07) is 0. The fourth-order valence-electron chi connectivity index (χ4n) is 2.21. The predicted octanol–water partition coefficient (Wildman–Crippen LogP) is 2.19. The Bertz CT molecular complexity index is 308. The van der Waals surface area contributed by atoms with Crippen LogP contribution >= 0.6 is 11.8 Å². The number of aliphatic imine (C=N–C) groups is 1. The molecular weight excluding hydrogens is 230 g/mol. The van der Waals surface area contributed by atoms with Crippen molar-refractivity contribution in [2.75, 3.05) is 32.4 Å². The van der Waals surface area contributed by atoms with Crippen LogP contribution in [0, 0.1) is 5.41 Å². The molecule has 0 aromatic carbocycles. The molecule has 2 rings (SSSR count). The van der Waals surface area contributed by atoms with Gasteiger partial charge in [0.25, 0.3) is 0 Å². The van der Waals surface area contributed by atoms with Crippen molar-refractivity contribution in [1.29, 1.82) is 0 Å². The molecule has 0 unspecified atom stereocenters. The van der Waals surface area contributed by atoms with Gasteiger partial charge in [-0.05, 0) is 32.1 Å². The lowest BCUT2D eigenvalue weighted by Gasteiger charge is -2.39. The largest absolute Gasteiger partial charge is 0.356 e. The minimum Gasteiger partial charge on any atom is -0.356 e. The molecule has 1 N–H and O–H groups in total. The van der Waals surface area contributed by atoms with Crippen molar-refractivity contribution in [2.45, 2.75) is 38.4 Å². The highest BCUT2D eigenvalue weighted by Gasteiger charge is 2.37. The number of guanidine groups is 1. The zero-order chi connectivity index (χ0) is 12.5. The second kappa shape index (κ2) is 4.71. The Morgan fingerprint density at radius 3 is 2.59 bits per heavy atom. The summed E-state index contributed by atoms with van der Waals surface area (Å²) in [7, 11) is 1.90. The molecule has 0 atom stereocenters. The first-order valence-corrected chi connectivity index (χ1v) is 7.52. The van der Waals surface area contributed by atoms with Crippen molar-refractivity contribution in [3.63, 3.8) is 0 Å². The van der Waals surface area contributed by atoms with Crippen LogP contribution in [0.2, 0.25) is 0 Å². The zero-order valence-electron chi connectivity index (χ0n) is 11.5. The minimum atomic E-state index is 0.347. The summed E-state index contributed by atoms with van der Waals surface area (Å²) in [5.41, 5.74) is 0.538. The number of hydrogen-bond donors (Lipinski definition) is 1. The molecule has 98 valence electrons. The number of nitrogens with zero attached hydrogens (tertiary/aromatic N) is 2. The van der Waals surface area contributed by atoms with Gasteiger partial charge in [0.05, 0.1) is 0 Å². The molecule has 1 saturated carbocycles. The summed E-state index contributed by atoms with van der Waals surface area (Å²) >= 11 is 2.06. The van der Waals surface area contributed by atoms with E-state index in [2.05, 4.69) is 47.7 Å². The van der Waals surface area contributed by atoms with E-state index in [4.69, 9.17) is 0 Å². The molecule has 2 aliphatic rings. The van der Waals surface area contributed by atoms with E-state index in [0.29, 0.717) is 10.2 Å². The molecule has 0 aromatic heterocycles. The van der Waals surface area contributed by atoms with Gasteiger partial charge in [-0.1, -0.05) is 6.92 Å². The summed E-state index contributed by atoms with van der Waals surface area (Å²) < 4.78 is 0.347. The molecular formula is C13H25N3S. The van der Waals surface area contributed by atoms with Gasteiger partial charge in [0.15, 0.2) is 5.96 Å². The Morgan fingerprint density at radius 2 is 2.06 bits per heavy atom. The van der Waals surface area contributed by atoms with Gasteiger partial charge in [-0.2, -0.15) is 11.8 Å². The van der Waals surface area contributed by atoms with Gasteiger partial charge in [-0.25, -0.2) is 0 Å². The fraction of sp³-hybridized carbons (Fsp3) is 0.923. The smallest absolute Gasteiger partial charge is 0.193 e. The molecule has 0 bridgehead atoms. The molecule has 0 amide bonds. The first-order valence-electron chi connectivity index (χ1n) is 6.54. The van der Waals surface area contributed by atoms with Crippen molar-refractivity contribution in [1.82, 2.24) is 10.2 Å². The van der Waals surface area contributed by atoms with E-state index >= 15 is 0 Å². The molecule has 17 heavy (non-hydrogen) atoms. The van der Waals surface area contributed by atoms with Gasteiger partial charge in [0.1, 0.15) is 0 Å². The number of thioether (sulfide) groups is 1. The zero-order valence-corrected chi connectivity index (χ0v) is 12.4. The summed E-state index contributed by atoms with van der Waals surface area (Å²) in [6.07, 6.45) is 2.72. The molecule has 4 heteroatoms. The quantitative estimate of drug-likeness (QED) is 0.605. The van der Waals surface area contributed by atoms with Crippen LogP contribution in [0.5, 0.6) is 0 Å².